The van der Waals surface area contributed by atoms with Crippen LogP contribution in [0, 0.1) is 11.3 Å². The topological polar surface area (TPSA) is 33.1 Å². The predicted octanol–water partition coefficient (Wildman–Crippen LogP) is 2.66. The number of aryl methyl sites for hydroxylation is 1. The van der Waals surface area contributed by atoms with Crippen molar-refractivity contribution in [2.75, 3.05) is 20.1 Å². The van der Waals surface area contributed by atoms with Crippen LogP contribution in [0.1, 0.15) is 45.9 Å². The first kappa shape index (κ1) is 16.5. The van der Waals surface area contributed by atoms with Gasteiger partial charge in [0.15, 0.2) is 0 Å². The molecule has 2 rings (SSSR count). The summed E-state index contributed by atoms with van der Waals surface area (Å²) in [5.41, 5.74) is 0.406. The Labute approximate surface area is 129 Å². The highest BCUT2D eigenvalue weighted by Gasteiger charge is 2.38. The second-order valence-electron chi connectivity index (χ2n) is 7.33. The van der Waals surface area contributed by atoms with Gasteiger partial charge in [-0.3, -0.25) is 4.90 Å². The van der Waals surface area contributed by atoms with Crippen molar-refractivity contribution in [3.05, 3.63) is 18.2 Å². The average Bonchev–Trinajstić information content (AvgIpc) is 2.79. The lowest BCUT2D eigenvalue weighted by Gasteiger charge is -2.45. The van der Waals surface area contributed by atoms with Crippen LogP contribution in [0.4, 0.5) is 0 Å². The monoisotopic (exact) mass is 292 g/mol. The summed E-state index contributed by atoms with van der Waals surface area (Å²) in [6.07, 6.45) is 7.94. The van der Waals surface area contributed by atoms with Crippen LogP contribution >= 0.6 is 0 Å². The fourth-order valence-corrected chi connectivity index (χ4v) is 3.89. The molecule has 4 heteroatoms. The molecule has 1 aliphatic rings. The van der Waals surface area contributed by atoms with E-state index >= 15 is 0 Å². The largest absolute Gasteiger partial charge is 0.337 e. The Balaban J connectivity index is 1.97. The Kier molecular flexibility index (Phi) is 5.44. The number of imidazole rings is 1. The van der Waals surface area contributed by atoms with Gasteiger partial charge in [-0.05, 0) is 37.8 Å². The van der Waals surface area contributed by atoms with Crippen LogP contribution in [-0.2, 0) is 13.6 Å². The van der Waals surface area contributed by atoms with E-state index in [-0.39, 0.29) is 0 Å². The van der Waals surface area contributed by atoms with E-state index in [1.165, 1.54) is 19.3 Å². The molecule has 0 aromatic carbocycles. The summed E-state index contributed by atoms with van der Waals surface area (Å²) in [6, 6.07) is 0.625. The highest BCUT2D eigenvalue weighted by atomic mass is 15.2. The van der Waals surface area contributed by atoms with Gasteiger partial charge < -0.3 is 9.88 Å². The Bertz CT molecular complexity index is 438. The normalized spacial score (nSPS) is 25.4. The average molecular weight is 292 g/mol. The molecule has 1 aromatic rings. The third-order valence-electron chi connectivity index (χ3n) is 5.01. The smallest absolute Gasteiger partial charge is 0.122 e. The molecule has 0 bridgehead atoms. The molecule has 120 valence electrons. The van der Waals surface area contributed by atoms with Gasteiger partial charge in [0.05, 0.1) is 6.54 Å². The SMILES string of the molecule is CCNC1C(CN(C)Cc2nccn2C)CCCC1(C)C. The first-order valence-electron chi connectivity index (χ1n) is 8.32. The minimum absolute atomic E-state index is 0.406. The van der Waals surface area contributed by atoms with Crippen molar-refractivity contribution in [1.82, 2.24) is 19.8 Å². The molecule has 1 aliphatic carbocycles. The number of hydrogen-bond acceptors (Lipinski definition) is 3. The summed E-state index contributed by atoms with van der Waals surface area (Å²) in [5.74, 6) is 1.88. The Morgan fingerprint density at radius 2 is 2.24 bits per heavy atom. The van der Waals surface area contributed by atoms with Crippen molar-refractivity contribution in [2.45, 2.75) is 52.6 Å². The van der Waals surface area contributed by atoms with Crippen LogP contribution < -0.4 is 5.32 Å². The minimum atomic E-state index is 0.406. The Morgan fingerprint density at radius 1 is 1.48 bits per heavy atom. The highest BCUT2D eigenvalue weighted by Crippen LogP contribution is 2.39. The number of nitrogens with one attached hydrogen (secondary N) is 1. The second kappa shape index (κ2) is 6.93. The van der Waals surface area contributed by atoms with Crippen LogP contribution in [0.5, 0.6) is 0 Å². The maximum Gasteiger partial charge on any atom is 0.122 e. The first-order chi connectivity index (χ1) is 9.94. The summed E-state index contributed by atoms with van der Waals surface area (Å²) < 4.78 is 2.11. The fraction of sp³-hybridized carbons (Fsp3) is 0.824. The van der Waals surface area contributed by atoms with Crippen molar-refractivity contribution in [3.63, 3.8) is 0 Å². The third kappa shape index (κ3) is 4.07. The van der Waals surface area contributed by atoms with E-state index in [0.29, 0.717) is 11.5 Å². The molecule has 1 fully saturated rings. The molecule has 1 aromatic heterocycles. The van der Waals surface area contributed by atoms with E-state index in [4.69, 9.17) is 0 Å². The van der Waals surface area contributed by atoms with Gasteiger partial charge in [0.2, 0.25) is 0 Å². The zero-order valence-corrected chi connectivity index (χ0v) is 14.4. The first-order valence-corrected chi connectivity index (χ1v) is 8.32. The second-order valence-corrected chi connectivity index (χ2v) is 7.33. The molecule has 0 radical (unpaired) electrons. The van der Waals surface area contributed by atoms with Crippen LogP contribution in [0.15, 0.2) is 12.4 Å². The molecule has 1 N–H and O–H groups in total. The van der Waals surface area contributed by atoms with Gasteiger partial charge in [-0.1, -0.05) is 27.2 Å². The number of nitrogens with zero attached hydrogens (tertiary/aromatic N) is 3. The summed E-state index contributed by atoms with van der Waals surface area (Å²) in [5, 5.41) is 3.75. The van der Waals surface area contributed by atoms with Crippen molar-refractivity contribution >= 4 is 0 Å². The van der Waals surface area contributed by atoms with Crippen molar-refractivity contribution in [1.29, 1.82) is 0 Å². The van der Waals surface area contributed by atoms with E-state index in [1.54, 1.807) is 0 Å². The summed E-state index contributed by atoms with van der Waals surface area (Å²) >= 11 is 0. The quantitative estimate of drug-likeness (QED) is 0.875. The number of rotatable bonds is 6. The molecule has 0 saturated heterocycles. The minimum Gasteiger partial charge on any atom is -0.337 e. The Morgan fingerprint density at radius 3 is 2.86 bits per heavy atom. The van der Waals surface area contributed by atoms with Gasteiger partial charge in [0, 0.05) is 32.0 Å². The maximum absolute atomic E-state index is 4.44. The fourth-order valence-electron chi connectivity index (χ4n) is 3.89. The van der Waals surface area contributed by atoms with Crippen LogP contribution in [0.25, 0.3) is 0 Å². The van der Waals surface area contributed by atoms with Crippen molar-refractivity contribution in [3.8, 4) is 0 Å². The third-order valence-corrected chi connectivity index (χ3v) is 5.01. The lowest BCUT2D eigenvalue weighted by molar-refractivity contribution is 0.0840. The number of aromatic nitrogens is 2. The molecule has 1 heterocycles. The lowest BCUT2D eigenvalue weighted by atomic mass is 9.67. The summed E-state index contributed by atoms with van der Waals surface area (Å²) in [4.78, 5) is 6.87. The molecule has 1 saturated carbocycles. The molecule has 2 unspecified atom stereocenters. The van der Waals surface area contributed by atoms with E-state index in [9.17, 15) is 0 Å². The standard InChI is InChI=1S/C17H32N4/c1-6-18-16-14(8-7-9-17(16,2)3)12-20(4)13-15-19-10-11-21(15)5/h10-11,14,16,18H,6-9,12-13H2,1-5H3. The van der Waals surface area contributed by atoms with Crippen LogP contribution in [0.3, 0.4) is 0 Å². The van der Waals surface area contributed by atoms with E-state index in [2.05, 4.69) is 54.6 Å². The predicted molar refractivity (Wildman–Crippen MR) is 88.1 cm³/mol. The van der Waals surface area contributed by atoms with Crippen LogP contribution in [-0.4, -0.2) is 40.6 Å². The molecular formula is C17H32N4. The van der Waals surface area contributed by atoms with Gasteiger partial charge in [0.25, 0.3) is 0 Å². The van der Waals surface area contributed by atoms with Crippen LogP contribution in [0.2, 0.25) is 0 Å². The zero-order valence-electron chi connectivity index (χ0n) is 14.4. The molecule has 4 nitrogen and oxygen atoms in total. The van der Waals surface area contributed by atoms with E-state index in [0.717, 1.165) is 31.4 Å². The molecule has 0 aliphatic heterocycles. The highest BCUT2D eigenvalue weighted by molar-refractivity contribution is 4.95. The molecule has 2 atom stereocenters. The van der Waals surface area contributed by atoms with E-state index in [1.807, 2.05) is 12.4 Å². The molecule has 0 amide bonds. The summed E-state index contributed by atoms with van der Waals surface area (Å²) in [6.45, 7) is 10.2. The van der Waals surface area contributed by atoms with Gasteiger partial charge >= 0.3 is 0 Å². The molecule has 21 heavy (non-hydrogen) atoms. The number of hydrogen-bond donors (Lipinski definition) is 1. The summed E-state index contributed by atoms with van der Waals surface area (Å²) in [7, 11) is 4.29. The maximum atomic E-state index is 4.44. The van der Waals surface area contributed by atoms with Gasteiger partial charge in [-0.2, -0.15) is 0 Å². The van der Waals surface area contributed by atoms with Gasteiger partial charge in [-0.25, -0.2) is 4.98 Å². The van der Waals surface area contributed by atoms with E-state index < -0.39 is 0 Å². The zero-order chi connectivity index (χ0) is 15.5. The molecular weight excluding hydrogens is 260 g/mol. The van der Waals surface area contributed by atoms with Gasteiger partial charge in [0.1, 0.15) is 5.82 Å². The van der Waals surface area contributed by atoms with Gasteiger partial charge in [-0.15, -0.1) is 0 Å². The Hall–Kier alpha value is -0.870. The molecule has 0 spiro atoms. The van der Waals surface area contributed by atoms with Crippen molar-refractivity contribution < 1.29 is 0 Å². The van der Waals surface area contributed by atoms with Crippen molar-refractivity contribution in [2.24, 2.45) is 18.4 Å². The lowest BCUT2D eigenvalue weighted by Crippen LogP contribution is -2.52.